The van der Waals surface area contributed by atoms with Gasteiger partial charge >= 0.3 is 12.1 Å². The van der Waals surface area contributed by atoms with Gasteiger partial charge in [0.05, 0.1) is 40.8 Å². The summed E-state index contributed by atoms with van der Waals surface area (Å²) in [6, 6.07) is 3.31. The Morgan fingerprint density at radius 3 is 2.66 bits per heavy atom. The number of aromatic nitrogens is 3. The number of alkyl halides is 3. The summed E-state index contributed by atoms with van der Waals surface area (Å²) in [5.41, 5.74) is 4.61. The minimum Gasteiger partial charge on any atom is -0.490 e. The van der Waals surface area contributed by atoms with Crippen molar-refractivity contribution in [2.75, 3.05) is 13.2 Å². The number of hydroxylamine groups is 1. The maximum Gasteiger partial charge on any atom is 0.473 e. The van der Waals surface area contributed by atoms with Gasteiger partial charge in [-0.05, 0) is 26.0 Å². The summed E-state index contributed by atoms with van der Waals surface area (Å²) in [6.07, 6.45) is -5.10. The molecular formula is C21H18ClF4N5O4. The molecule has 0 bridgehead atoms. The van der Waals surface area contributed by atoms with Crippen molar-refractivity contribution in [1.29, 1.82) is 0 Å². The van der Waals surface area contributed by atoms with Gasteiger partial charge in [0.2, 0.25) is 0 Å². The number of halogens is 5. The summed E-state index contributed by atoms with van der Waals surface area (Å²) < 4.78 is 57.2. The number of ether oxygens (including phenoxy) is 1. The van der Waals surface area contributed by atoms with Gasteiger partial charge in [0, 0.05) is 11.6 Å². The molecule has 4 rings (SSSR count). The Balaban J connectivity index is 1.45. The second-order valence-electron chi connectivity index (χ2n) is 7.68. The number of aryl methyl sites for hydroxylation is 2. The first-order valence-electron chi connectivity index (χ1n) is 10.2. The number of nitrogens with one attached hydrogen (secondary N) is 1. The van der Waals surface area contributed by atoms with Gasteiger partial charge in [0.15, 0.2) is 5.65 Å². The molecule has 1 aliphatic rings. The van der Waals surface area contributed by atoms with E-state index in [-0.39, 0.29) is 31.0 Å². The van der Waals surface area contributed by atoms with Gasteiger partial charge in [-0.15, -0.1) is 0 Å². The van der Waals surface area contributed by atoms with E-state index in [9.17, 15) is 27.2 Å². The molecule has 9 nitrogen and oxygen atoms in total. The first-order valence-corrected chi connectivity index (χ1v) is 10.6. The zero-order valence-corrected chi connectivity index (χ0v) is 19.1. The van der Waals surface area contributed by atoms with E-state index in [2.05, 4.69) is 14.9 Å². The van der Waals surface area contributed by atoms with Crippen molar-refractivity contribution in [3.63, 3.8) is 0 Å². The Morgan fingerprint density at radius 1 is 1.20 bits per heavy atom. The minimum absolute atomic E-state index is 0.0382. The second kappa shape index (κ2) is 9.30. The maximum atomic E-state index is 13.8. The van der Waals surface area contributed by atoms with Crippen LogP contribution in [0.3, 0.4) is 0 Å². The third-order valence-corrected chi connectivity index (χ3v) is 5.83. The molecule has 0 unspecified atom stereocenters. The van der Waals surface area contributed by atoms with Crippen molar-refractivity contribution in [2.45, 2.75) is 33.1 Å². The Bertz CT molecular complexity index is 1330. The van der Waals surface area contributed by atoms with E-state index in [1.54, 1.807) is 11.4 Å². The Kier molecular flexibility index (Phi) is 6.56. The average molecular weight is 516 g/mol. The van der Waals surface area contributed by atoms with Crippen LogP contribution in [0.1, 0.15) is 33.0 Å². The largest absolute Gasteiger partial charge is 0.490 e. The molecular weight excluding hydrogens is 498 g/mol. The standard InChI is InChI=1S/C21H18ClF4N5O4/c1-10-17(22)11(2)31-18(27-10)14-8-30(9-15(14)28-31)19(32)13-4-3-12(23)7-16(13)34-5-6-35-29-20(33)21(24,25)26/h3-4,7H,5-6,8-9H2,1-2H3,(H,29,33). The molecule has 0 saturated heterocycles. The molecule has 35 heavy (non-hydrogen) atoms. The highest BCUT2D eigenvalue weighted by molar-refractivity contribution is 6.31. The van der Waals surface area contributed by atoms with Crippen LogP contribution in [0.4, 0.5) is 17.6 Å². The van der Waals surface area contributed by atoms with Gasteiger partial charge in [0.25, 0.3) is 5.91 Å². The lowest BCUT2D eigenvalue weighted by Gasteiger charge is -2.18. The quantitative estimate of drug-likeness (QED) is 0.307. The van der Waals surface area contributed by atoms with Gasteiger partial charge < -0.3 is 9.64 Å². The van der Waals surface area contributed by atoms with Gasteiger partial charge in [-0.25, -0.2) is 19.4 Å². The summed E-state index contributed by atoms with van der Waals surface area (Å²) in [7, 11) is 0. The monoisotopic (exact) mass is 515 g/mol. The van der Waals surface area contributed by atoms with Crippen LogP contribution >= 0.6 is 11.6 Å². The van der Waals surface area contributed by atoms with Crippen LogP contribution in [0.15, 0.2) is 18.2 Å². The summed E-state index contributed by atoms with van der Waals surface area (Å²) in [6.45, 7) is 3.12. The maximum absolute atomic E-state index is 13.8. The number of hydrogen-bond acceptors (Lipinski definition) is 6. The average Bonchev–Trinajstić information content (AvgIpc) is 3.35. The highest BCUT2D eigenvalue weighted by Gasteiger charge is 2.39. The molecule has 3 aromatic rings. The fraction of sp³-hybridized carbons (Fsp3) is 0.333. The second-order valence-corrected chi connectivity index (χ2v) is 8.06. The van der Waals surface area contributed by atoms with Crippen LogP contribution in [0.2, 0.25) is 5.02 Å². The van der Waals surface area contributed by atoms with Crippen molar-refractivity contribution in [2.24, 2.45) is 0 Å². The third kappa shape index (κ3) is 4.86. The van der Waals surface area contributed by atoms with E-state index in [0.29, 0.717) is 22.1 Å². The zero-order chi connectivity index (χ0) is 25.5. The molecule has 2 amide bonds. The topological polar surface area (TPSA) is 98.1 Å². The number of rotatable bonds is 6. The third-order valence-electron chi connectivity index (χ3n) is 5.28. The first kappa shape index (κ1) is 24.7. The smallest absolute Gasteiger partial charge is 0.473 e. The van der Waals surface area contributed by atoms with E-state index in [1.165, 1.54) is 16.4 Å². The van der Waals surface area contributed by atoms with Gasteiger partial charge in [-0.1, -0.05) is 11.6 Å². The number of hydrogen-bond donors (Lipinski definition) is 1. The molecule has 1 aliphatic heterocycles. The highest BCUT2D eigenvalue weighted by atomic mass is 35.5. The lowest BCUT2D eigenvalue weighted by Crippen LogP contribution is -2.37. The van der Waals surface area contributed by atoms with Crippen LogP contribution in [0.5, 0.6) is 5.75 Å². The minimum atomic E-state index is -5.10. The van der Waals surface area contributed by atoms with Crippen molar-refractivity contribution in [1.82, 2.24) is 25.0 Å². The Labute approximate surface area is 200 Å². The summed E-state index contributed by atoms with van der Waals surface area (Å²) in [5, 5.41) is 5.01. The van der Waals surface area contributed by atoms with Crippen LogP contribution in [0.25, 0.3) is 5.65 Å². The Hall–Kier alpha value is -3.45. The van der Waals surface area contributed by atoms with E-state index >= 15 is 0 Å². The van der Waals surface area contributed by atoms with Gasteiger partial charge in [-0.3, -0.25) is 14.4 Å². The molecule has 0 aliphatic carbocycles. The van der Waals surface area contributed by atoms with Gasteiger partial charge in [-0.2, -0.15) is 18.3 Å². The number of benzene rings is 1. The van der Waals surface area contributed by atoms with Gasteiger partial charge in [0.1, 0.15) is 24.8 Å². The molecule has 3 heterocycles. The molecule has 1 aromatic carbocycles. The van der Waals surface area contributed by atoms with Crippen molar-refractivity contribution in [3.05, 3.63) is 57.2 Å². The summed E-state index contributed by atoms with van der Waals surface area (Å²) in [4.78, 5) is 34.3. The fourth-order valence-electron chi connectivity index (χ4n) is 3.59. The predicted octanol–water partition coefficient (Wildman–Crippen LogP) is 3.28. The lowest BCUT2D eigenvalue weighted by atomic mass is 10.1. The molecule has 186 valence electrons. The normalized spacial score (nSPS) is 13.3. The van der Waals surface area contributed by atoms with Crippen LogP contribution in [-0.4, -0.2) is 50.7 Å². The predicted molar refractivity (Wildman–Crippen MR) is 113 cm³/mol. The fourth-order valence-corrected chi connectivity index (χ4v) is 3.71. The van der Waals surface area contributed by atoms with E-state index in [0.717, 1.165) is 23.4 Å². The molecule has 0 spiro atoms. The Morgan fingerprint density at radius 2 is 1.94 bits per heavy atom. The van der Waals surface area contributed by atoms with Crippen molar-refractivity contribution < 1.29 is 36.7 Å². The van der Waals surface area contributed by atoms with E-state index in [4.69, 9.17) is 16.3 Å². The number of nitrogens with zero attached hydrogens (tertiary/aromatic N) is 4. The molecule has 0 radical (unpaired) electrons. The number of fused-ring (bicyclic) bond motifs is 3. The summed E-state index contributed by atoms with van der Waals surface area (Å²) in [5.74, 6) is -3.56. The lowest BCUT2D eigenvalue weighted by molar-refractivity contribution is -0.186. The van der Waals surface area contributed by atoms with E-state index in [1.807, 2.05) is 6.92 Å². The highest BCUT2D eigenvalue weighted by Crippen LogP contribution is 2.31. The molecule has 0 fully saturated rings. The van der Waals surface area contributed by atoms with E-state index < -0.39 is 30.4 Å². The molecule has 1 N–H and O–H groups in total. The number of carbonyl (C=O) groups excluding carboxylic acids is 2. The molecule has 14 heteroatoms. The van der Waals surface area contributed by atoms with Crippen LogP contribution in [0, 0.1) is 19.7 Å². The molecule has 0 atom stereocenters. The number of amides is 2. The van der Waals surface area contributed by atoms with Crippen LogP contribution in [-0.2, 0) is 22.7 Å². The van der Waals surface area contributed by atoms with Crippen molar-refractivity contribution in [3.8, 4) is 5.75 Å². The SMILES string of the molecule is Cc1nc2c3c(nn2c(C)c1Cl)CN(C(=O)c1ccc(F)cc1OCCONC(=O)C(F)(F)F)C3. The first-order chi connectivity index (χ1) is 16.5. The number of carbonyl (C=O) groups is 2. The van der Waals surface area contributed by atoms with Crippen LogP contribution < -0.4 is 10.2 Å². The molecule has 2 aromatic heterocycles. The molecule has 0 saturated carbocycles. The zero-order valence-electron chi connectivity index (χ0n) is 18.4. The van der Waals surface area contributed by atoms with Crippen molar-refractivity contribution >= 4 is 29.1 Å². The summed E-state index contributed by atoms with van der Waals surface area (Å²) >= 11 is 6.25.